The molecular weight excluding hydrogens is 582 g/mol. The lowest BCUT2D eigenvalue weighted by Crippen LogP contribution is -2.39. The molecule has 0 spiro atoms. The molecule has 8 nitrogen and oxygen atoms in total. The van der Waals surface area contributed by atoms with Gasteiger partial charge in [0.15, 0.2) is 16.3 Å². The fourth-order valence-corrected chi connectivity index (χ4v) is 5.94. The Morgan fingerprint density at radius 2 is 1.97 bits per heavy atom. The lowest BCUT2D eigenvalue weighted by molar-refractivity contribution is -0.139. The van der Waals surface area contributed by atoms with E-state index >= 15 is 0 Å². The summed E-state index contributed by atoms with van der Waals surface area (Å²) in [4.78, 5) is 34.1. The molecule has 0 unspecified atom stereocenters. The van der Waals surface area contributed by atoms with Crippen molar-refractivity contribution in [3.8, 4) is 11.5 Å². The highest BCUT2D eigenvalue weighted by atomic mass is 79.9. The quantitative estimate of drug-likeness (QED) is 0.266. The third-order valence-electron chi connectivity index (χ3n) is 6.14. The minimum Gasteiger partial charge on any atom is -0.493 e. The molecule has 0 bridgehead atoms. The number of carbonyl (C=O) groups excluding carboxylic acids is 1. The van der Waals surface area contributed by atoms with Crippen molar-refractivity contribution in [3.05, 3.63) is 95.6 Å². The van der Waals surface area contributed by atoms with Crippen LogP contribution >= 0.6 is 27.3 Å². The highest BCUT2D eigenvalue weighted by Crippen LogP contribution is 2.37. The second kappa shape index (κ2) is 12.0. The fraction of sp³-hybridized carbons (Fsp3) is 0.276. The van der Waals surface area contributed by atoms with Gasteiger partial charge >= 0.3 is 5.97 Å². The summed E-state index contributed by atoms with van der Waals surface area (Å²) < 4.78 is 19.4. The molecule has 0 saturated carbocycles. The molecule has 0 radical (unpaired) electrons. The van der Waals surface area contributed by atoms with Gasteiger partial charge in [-0.05, 0) is 71.2 Å². The summed E-state index contributed by atoms with van der Waals surface area (Å²) in [6, 6.07) is 10.8. The number of hydrogen-bond acceptors (Lipinski definition) is 8. The third kappa shape index (κ3) is 5.72. The fourth-order valence-electron chi connectivity index (χ4n) is 4.32. The molecule has 4 rings (SSSR count). The van der Waals surface area contributed by atoms with Crippen LogP contribution in [0.1, 0.15) is 31.0 Å². The molecule has 3 aromatic rings. The van der Waals surface area contributed by atoms with Crippen molar-refractivity contribution in [2.45, 2.75) is 19.9 Å². The second-order valence-electron chi connectivity index (χ2n) is 8.92. The SMILES string of the molecule is C=CCOc1c(Br)cc(/C=c2/sc3n(c2=O)[C@@H](c2ccc(N(C)C)cc2)C(C(=O)OCC)=C(C)N=3)cc1OC. The van der Waals surface area contributed by atoms with Crippen LogP contribution in [0.2, 0.25) is 0 Å². The van der Waals surface area contributed by atoms with E-state index in [1.165, 1.54) is 11.3 Å². The van der Waals surface area contributed by atoms with Gasteiger partial charge in [0.25, 0.3) is 5.56 Å². The number of rotatable bonds is 9. The predicted molar refractivity (Wildman–Crippen MR) is 158 cm³/mol. The van der Waals surface area contributed by atoms with Crippen LogP contribution < -0.4 is 29.3 Å². The summed E-state index contributed by atoms with van der Waals surface area (Å²) in [6.45, 7) is 7.75. The van der Waals surface area contributed by atoms with E-state index in [-0.39, 0.29) is 12.2 Å². The molecule has 1 aliphatic rings. The lowest BCUT2D eigenvalue weighted by Gasteiger charge is -2.25. The number of halogens is 1. The van der Waals surface area contributed by atoms with Crippen molar-refractivity contribution < 1.29 is 19.0 Å². The average Bonchev–Trinajstić information content (AvgIpc) is 3.21. The van der Waals surface area contributed by atoms with Gasteiger partial charge in [-0.3, -0.25) is 9.36 Å². The molecule has 0 amide bonds. The molecule has 0 aliphatic carbocycles. The molecule has 204 valence electrons. The van der Waals surface area contributed by atoms with Crippen molar-refractivity contribution in [1.29, 1.82) is 0 Å². The van der Waals surface area contributed by atoms with Crippen molar-refractivity contribution in [3.63, 3.8) is 0 Å². The van der Waals surface area contributed by atoms with Gasteiger partial charge in [-0.1, -0.05) is 36.1 Å². The van der Waals surface area contributed by atoms with Crippen molar-refractivity contribution in [2.24, 2.45) is 4.99 Å². The van der Waals surface area contributed by atoms with Crippen LogP contribution in [-0.2, 0) is 9.53 Å². The Morgan fingerprint density at radius 3 is 2.59 bits per heavy atom. The molecule has 2 aromatic carbocycles. The molecule has 0 fully saturated rings. The topological polar surface area (TPSA) is 82.4 Å². The summed E-state index contributed by atoms with van der Waals surface area (Å²) in [5.41, 5.74) is 3.15. The summed E-state index contributed by atoms with van der Waals surface area (Å²) in [5, 5.41) is 0. The van der Waals surface area contributed by atoms with Crippen molar-refractivity contribution >= 4 is 45.0 Å². The molecule has 10 heteroatoms. The van der Waals surface area contributed by atoms with Crippen molar-refractivity contribution in [1.82, 2.24) is 4.57 Å². The van der Waals surface area contributed by atoms with Gasteiger partial charge < -0.3 is 19.1 Å². The number of ether oxygens (including phenoxy) is 3. The van der Waals surface area contributed by atoms with Crippen LogP contribution in [-0.4, -0.2) is 45.0 Å². The lowest BCUT2D eigenvalue weighted by atomic mass is 9.95. The van der Waals surface area contributed by atoms with E-state index in [1.54, 1.807) is 43.7 Å². The van der Waals surface area contributed by atoms with Gasteiger partial charge in [0.2, 0.25) is 0 Å². The molecule has 1 atom stereocenters. The maximum absolute atomic E-state index is 13.9. The maximum Gasteiger partial charge on any atom is 0.338 e. The van der Waals surface area contributed by atoms with E-state index in [1.807, 2.05) is 49.3 Å². The summed E-state index contributed by atoms with van der Waals surface area (Å²) in [5.74, 6) is 0.579. The Balaban J connectivity index is 1.89. The minimum absolute atomic E-state index is 0.218. The summed E-state index contributed by atoms with van der Waals surface area (Å²) in [7, 11) is 5.47. The molecular formula is C29H30BrN3O5S. The van der Waals surface area contributed by atoms with Gasteiger partial charge in [0.05, 0.1) is 40.0 Å². The van der Waals surface area contributed by atoms with Gasteiger partial charge in [0.1, 0.15) is 6.61 Å². The van der Waals surface area contributed by atoms with Gasteiger partial charge in [0, 0.05) is 19.8 Å². The first kappa shape index (κ1) is 28.4. The Labute approximate surface area is 239 Å². The monoisotopic (exact) mass is 611 g/mol. The Bertz CT molecular complexity index is 1620. The number of esters is 1. The molecule has 1 aliphatic heterocycles. The number of nitrogens with zero attached hydrogens (tertiary/aromatic N) is 3. The number of carbonyl (C=O) groups is 1. The van der Waals surface area contributed by atoms with Crippen LogP contribution in [0.4, 0.5) is 5.69 Å². The number of fused-ring (bicyclic) bond motifs is 1. The second-order valence-corrected chi connectivity index (χ2v) is 10.8. The number of allylic oxidation sites excluding steroid dienone is 1. The molecule has 0 saturated heterocycles. The Morgan fingerprint density at radius 1 is 1.26 bits per heavy atom. The molecule has 1 aromatic heterocycles. The van der Waals surface area contributed by atoms with Crippen LogP contribution in [0.15, 0.2) is 74.6 Å². The minimum atomic E-state index is -0.672. The molecule has 39 heavy (non-hydrogen) atoms. The molecule has 2 heterocycles. The van der Waals surface area contributed by atoms with Crippen LogP contribution in [0.25, 0.3) is 6.08 Å². The largest absolute Gasteiger partial charge is 0.493 e. The Kier molecular flexibility index (Phi) is 8.76. The third-order valence-corrected chi connectivity index (χ3v) is 7.71. The zero-order valence-electron chi connectivity index (χ0n) is 22.5. The Hall–Kier alpha value is -3.63. The summed E-state index contributed by atoms with van der Waals surface area (Å²) >= 11 is 4.81. The van der Waals surface area contributed by atoms with Gasteiger partial charge in [-0.2, -0.15) is 0 Å². The highest BCUT2D eigenvalue weighted by molar-refractivity contribution is 9.10. The molecule has 0 N–H and O–H groups in total. The zero-order valence-corrected chi connectivity index (χ0v) is 24.9. The first-order valence-electron chi connectivity index (χ1n) is 12.3. The predicted octanol–water partition coefficient (Wildman–Crippen LogP) is 4.20. The van der Waals surface area contributed by atoms with Crippen LogP contribution in [0, 0.1) is 0 Å². The van der Waals surface area contributed by atoms with E-state index in [4.69, 9.17) is 14.2 Å². The van der Waals surface area contributed by atoms with E-state index in [9.17, 15) is 9.59 Å². The van der Waals surface area contributed by atoms with E-state index in [0.717, 1.165) is 16.8 Å². The smallest absolute Gasteiger partial charge is 0.338 e. The first-order valence-corrected chi connectivity index (χ1v) is 13.9. The van der Waals surface area contributed by atoms with Gasteiger partial charge in [-0.25, -0.2) is 9.79 Å². The number of hydrogen-bond donors (Lipinski definition) is 0. The number of methoxy groups -OCH3 is 1. The number of aromatic nitrogens is 1. The zero-order chi connectivity index (χ0) is 28.3. The van der Waals surface area contributed by atoms with Gasteiger partial charge in [-0.15, -0.1) is 0 Å². The van der Waals surface area contributed by atoms with E-state index in [2.05, 4.69) is 27.5 Å². The normalized spacial score (nSPS) is 14.9. The van der Waals surface area contributed by atoms with E-state index < -0.39 is 12.0 Å². The maximum atomic E-state index is 13.9. The number of thiazole rings is 1. The van der Waals surface area contributed by atoms with Crippen LogP contribution in [0.5, 0.6) is 11.5 Å². The van der Waals surface area contributed by atoms with Crippen molar-refractivity contribution in [2.75, 3.05) is 39.3 Å². The first-order chi connectivity index (χ1) is 18.7. The van der Waals surface area contributed by atoms with E-state index in [0.29, 0.717) is 43.2 Å². The number of anilines is 1. The number of benzene rings is 2. The summed E-state index contributed by atoms with van der Waals surface area (Å²) in [6.07, 6.45) is 3.43. The average molecular weight is 613 g/mol. The highest BCUT2D eigenvalue weighted by Gasteiger charge is 2.33. The van der Waals surface area contributed by atoms with Crippen LogP contribution in [0.3, 0.4) is 0 Å². The standard InChI is InChI=1S/C29H30BrN3O5S/c1-7-13-38-26-21(30)14-18(15-22(26)36-6)16-23-27(34)33-25(19-9-11-20(12-10-19)32(4)5)24(28(35)37-8-2)17(3)31-29(33)39-23/h7,9-12,14-16,25H,1,8,13H2,2-6H3/b23-16+/t25-/m0/s1.